The van der Waals surface area contributed by atoms with E-state index in [1.54, 1.807) is 11.8 Å². The lowest BCUT2D eigenvalue weighted by Crippen LogP contribution is -2.68. The highest BCUT2D eigenvalue weighted by molar-refractivity contribution is 6.99. The van der Waals surface area contributed by atoms with Gasteiger partial charge in [0.1, 0.15) is 12.6 Å². The summed E-state index contributed by atoms with van der Waals surface area (Å²) in [7, 11) is -2.72. The van der Waals surface area contributed by atoms with Gasteiger partial charge in [-0.15, -0.1) is 0 Å². The first-order chi connectivity index (χ1) is 16.8. The maximum Gasteiger partial charge on any atom is 0.411 e. The van der Waals surface area contributed by atoms with Gasteiger partial charge in [0.25, 0.3) is 8.32 Å². The normalized spacial score (nSPS) is 27.6. The van der Waals surface area contributed by atoms with Crippen LogP contribution < -0.4 is 10.4 Å². The van der Waals surface area contributed by atoms with Gasteiger partial charge in [0.15, 0.2) is 0 Å². The molecule has 2 aromatic rings. The van der Waals surface area contributed by atoms with E-state index in [4.69, 9.17) is 13.9 Å². The Kier molecular flexibility index (Phi) is 6.26. The first-order valence-corrected chi connectivity index (χ1v) is 14.6. The number of amides is 1. The lowest BCUT2D eigenvalue weighted by molar-refractivity contribution is -0.144. The maximum absolute atomic E-state index is 12.7. The molecule has 2 aromatic carbocycles. The van der Waals surface area contributed by atoms with E-state index in [1.165, 1.54) is 10.4 Å². The third-order valence-electron chi connectivity index (χ3n) is 8.01. The smallest absolute Gasteiger partial charge is 0.411 e. The average Bonchev–Trinajstić information content (AvgIpc) is 3.49. The Hall–Kier alpha value is -2.64. The van der Waals surface area contributed by atoms with Crippen molar-refractivity contribution in [2.75, 3.05) is 13.2 Å². The van der Waals surface area contributed by atoms with Gasteiger partial charge in [-0.1, -0.05) is 81.4 Å². The van der Waals surface area contributed by atoms with E-state index in [-0.39, 0.29) is 41.7 Å². The molecule has 35 heavy (non-hydrogen) atoms. The fourth-order valence-corrected chi connectivity index (χ4v) is 11.4. The molecule has 3 aliphatic rings. The van der Waals surface area contributed by atoms with Crippen LogP contribution in [0.1, 0.15) is 40.5 Å². The van der Waals surface area contributed by atoms with E-state index in [0.717, 1.165) is 12.8 Å². The van der Waals surface area contributed by atoms with Crippen molar-refractivity contribution in [2.45, 2.75) is 63.8 Å². The fourth-order valence-electron chi connectivity index (χ4n) is 6.67. The Morgan fingerprint density at radius 1 is 1.03 bits per heavy atom. The molecule has 0 unspecified atom stereocenters. The molecule has 186 valence electrons. The minimum atomic E-state index is -2.72. The summed E-state index contributed by atoms with van der Waals surface area (Å²) in [6.07, 6.45) is 1.24. The zero-order valence-electron chi connectivity index (χ0n) is 21.0. The molecular formula is C28H35NO5Si. The molecule has 5 rings (SSSR count). The minimum Gasteiger partial charge on any atom is -0.465 e. The monoisotopic (exact) mass is 493 g/mol. The molecule has 1 aliphatic heterocycles. The van der Waals surface area contributed by atoms with Crippen LogP contribution in [0, 0.1) is 11.8 Å². The number of ether oxygens (including phenoxy) is 2. The zero-order chi connectivity index (χ0) is 24.8. The predicted octanol–water partition coefficient (Wildman–Crippen LogP) is 3.72. The summed E-state index contributed by atoms with van der Waals surface area (Å²) in [4.78, 5) is 26.6. The number of esters is 1. The largest absolute Gasteiger partial charge is 0.465 e. The molecule has 6 nitrogen and oxygen atoms in total. The number of hydrogen-bond donors (Lipinski definition) is 0. The summed E-state index contributed by atoms with van der Waals surface area (Å²) in [5.41, 5.74) is 0. The molecule has 1 saturated heterocycles. The maximum atomic E-state index is 12.7. The Balaban J connectivity index is 1.51. The van der Waals surface area contributed by atoms with Crippen LogP contribution in [0.15, 0.2) is 60.7 Å². The predicted molar refractivity (Wildman–Crippen MR) is 136 cm³/mol. The highest BCUT2D eigenvalue weighted by atomic mass is 28.4. The number of carbonyl (C=O) groups is 2. The second-order valence-corrected chi connectivity index (χ2v) is 15.2. The van der Waals surface area contributed by atoms with Crippen molar-refractivity contribution >= 4 is 30.8 Å². The van der Waals surface area contributed by atoms with Gasteiger partial charge < -0.3 is 13.9 Å². The zero-order valence-corrected chi connectivity index (χ0v) is 22.0. The van der Waals surface area contributed by atoms with Crippen molar-refractivity contribution in [3.8, 4) is 0 Å². The van der Waals surface area contributed by atoms with Gasteiger partial charge in [0.05, 0.1) is 18.8 Å². The van der Waals surface area contributed by atoms with Gasteiger partial charge in [-0.05, 0) is 35.2 Å². The van der Waals surface area contributed by atoms with E-state index in [1.807, 2.05) is 12.1 Å². The van der Waals surface area contributed by atoms with Crippen molar-refractivity contribution in [3.63, 3.8) is 0 Å². The molecule has 1 amide bonds. The Morgan fingerprint density at radius 3 is 2.17 bits per heavy atom. The summed E-state index contributed by atoms with van der Waals surface area (Å²) in [6.45, 7) is 8.85. The number of rotatable bonds is 7. The lowest BCUT2D eigenvalue weighted by atomic mass is 9.90. The number of benzene rings is 2. The number of hydrogen-bond acceptors (Lipinski definition) is 5. The molecule has 5 atom stereocenters. The summed E-state index contributed by atoms with van der Waals surface area (Å²) >= 11 is 0. The third-order valence-corrected chi connectivity index (χ3v) is 13.1. The minimum absolute atomic E-state index is 0.00764. The number of fused-ring (bicyclic) bond motifs is 5. The standard InChI is InChI=1S/C28H35NO5Si/c1-5-32-24(30)18-29-25-22-16-19(26(25)33-27(29)31)17-23(22)34-35(28(2,3)4,20-12-8-6-9-13-20)21-14-10-7-11-15-21/h6-15,19,22-23,25-26H,5,16-18H2,1-4H3/t19-,22+,23-,25-,26+/m0/s1. The lowest BCUT2D eigenvalue weighted by Gasteiger charge is -2.47. The number of nitrogens with zero attached hydrogens (tertiary/aromatic N) is 1. The molecule has 1 heterocycles. The Morgan fingerprint density at radius 2 is 1.63 bits per heavy atom. The Labute approximate surface area is 208 Å². The molecule has 3 fully saturated rings. The van der Waals surface area contributed by atoms with Gasteiger partial charge in [-0.2, -0.15) is 0 Å². The van der Waals surface area contributed by atoms with Crippen LogP contribution in [-0.2, 0) is 18.7 Å². The molecular weight excluding hydrogens is 458 g/mol. The van der Waals surface area contributed by atoms with Crippen molar-refractivity contribution in [2.24, 2.45) is 11.8 Å². The van der Waals surface area contributed by atoms with E-state index < -0.39 is 20.4 Å². The van der Waals surface area contributed by atoms with Gasteiger partial charge in [-0.25, -0.2) is 4.79 Å². The fraction of sp³-hybridized carbons (Fsp3) is 0.500. The third kappa shape index (κ3) is 3.98. The van der Waals surface area contributed by atoms with Crippen molar-refractivity contribution in [1.29, 1.82) is 0 Å². The molecule has 0 spiro atoms. The van der Waals surface area contributed by atoms with E-state index in [9.17, 15) is 9.59 Å². The van der Waals surface area contributed by atoms with Gasteiger partial charge >= 0.3 is 12.1 Å². The molecule has 7 heteroatoms. The first kappa shape index (κ1) is 24.1. The van der Waals surface area contributed by atoms with Crippen LogP contribution in [0.3, 0.4) is 0 Å². The second-order valence-electron chi connectivity index (χ2n) is 11.0. The van der Waals surface area contributed by atoms with Crippen LogP contribution >= 0.6 is 0 Å². The van der Waals surface area contributed by atoms with E-state index in [2.05, 4.69) is 69.3 Å². The summed E-state index contributed by atoms with van der Waals surface area (Å²) in [6, 6.07) is 21.1. The van der Waals surface area contributed by atoms with Crippen molar-refractivity contribution in [3.05, 3.63) is 60.7 Å². The number of carbonyl (C=O) groups excluding carboxylic acids is 2. The van der Waals surface area contributed by atoms with Crippen molar-refractivity contribution < 1.29 is 23.5 Å². The molecule has 2 bridgehead atoms. The summed E-state index contributed by atoms with van der Waals surface area (Å²) < 4.78 is 18.3. The van der Waals surface area contributed by atoms with E-state index in [0.29, 0.717) is 6.61 Å². The van der Waals surface area contributed by atoms with Crippen LogP contribution in [-0.4, -0.2) is 56.7 Å². The highest BCUT2D eigenvalue weighted by Crippen LogP contribution is 2.53. The van der Waals surface area contributed by atoms with E-state index >= 15 is 0 Å². The quantitative estimate of drug-likeness (QED) is 0.435. The van der Waals surface area contributed by atoms with Crippen LogP contribution in [0.2, 0.25) is 5.04 Å². The second kappa shape index (κ2) is 9.10. The van der Waals surface area contributed by atoms with Crippen LogP contribution in [0.4, 0.5) is 4.79 Å². The van der Waals surface area contributed by atoms with Crippen LogP contribution in [0.5, 0.6) is 0 Å². The Bertz CT molecular complexity index is 1030. The van der Waals surface area contributed by atoms with Gasteiger partial charge in [0, 0.05) is 11.8 Å². The average molecular weight is 494 g/mol. The van der Waals surface area contributed by atoms with Crippen molar-refractivity contribution in [1.82, 2.24) is 4.90 Å². The van der Waals surface area contributed by atoms with Gasteiger partial charge in [0.2, 0.25) is 0 Å². The molecule has 2 aliphatic carbocycles. The molecule has 0 aromatic heterocycles. The topological polar surface area (TPSA) is 65.1 Å². The van der Waals surface area contributed by atoms with Gasteiger partial charge in [-0.3, -0.25) is 9.69 Å². The molecule has 0 radical (unpaired) electrons. The summed E-state index contributed by atoms with van der Waals surface area (Å²) in [5, 5.41) is 2.38. The highest BCUT2D eigenvalue weighted by Gasteiger charge is 2.64. The van der Waals surface area contributed by atoms with Crippen LogP contribution in [0.25, 0.3) is 0 Å². The summed E-state index contributed by atoms with van der Waals surface area (Å²) in [5.74, 6) is -0.00536. The first-order valence-electron chi connectivity index (χ1n) is 12.7. The SMILES string of the molecule is CCOC(=O)CN1C(=O)O[C@@H]2[C@H]3C[C@@H]([C@@H]21)[C@@H](O[Si](c1ccccc1)(c1ccccc1)C(C)(C)C)C3. The molecule has 2 saturated carbocycles. The molecule has 0 N–H and O–H groups in total.